The maximum Gasteiger partial charge on any atom is 0.336 e. The normalized spacial score (nSPS) is 17.5. The predicted octanol–water partition coefficient (Wildman–Crippen LogP) is 0.731. The molecule has 1 aromatic carbocycles. The summed E-state index contributed by atoms with van der Waals surface area (Å²) in [6.45, 7) is 6.36. The number of piperazine rings is 1. The van der Waals surface area contributed by atoms with Gasteiger partial charge < -0.3 is 4.42 Å². The number of nitrogens with two attached hydrogens (primary N) is 1. The summed E-state index contributed by atoms with van der Waals surface area (Å²) in [6, 6.07) is 5.52. The molecule has 24 heavy (non-hydrogen) atoms. The van der Waals surface area contributed by atoms with Crippen LogP contribution in [0, 0.1) is 13.8 Å². The molecule has 0 spiro atoms. The Bertz CT molecular complexity index is 928. The van der Waals surface area contributed by atoms with E-state index in [-0.39, 0.29) is 5.63 Å². The highest BCUT2D eigenvalue weighted by atomic mass is 32.2. The molecule has 3 rings (SSSR count). The molecule has 1 aliphatic heterocycles. The molecule has 8 heteroatoms. The summed E-state index contributed by atoms with van der Waals surface area (Å²) in [4.78, 5) is 14.0. The molecule has 1 aromatic heterocycles. The number of nitrogens with zero attached hydrogens (tertiary/aromatic N) is 2. The minimum absolute atomic E-state index is 0.357. The van der Waals surface area contributed by atoms with E-state index >= 15 is 0 Å². The van der Waals surface area contributed by atoms with Gasteiger partial charge in [0.15, 0.2) is 0 Å². The van der Waals surface area contributed by atoms with E-state index in [2.05, 4.69) is 4.90 Å². The summed E-state index contributed by atoms with van der Waals surface area (Å²) in [5.74, 6) is 0. The Kier molecular flexibility index (Phi) is 4.48. The monoisotopic (exact) mass is 351 g/mol. The Hall–Kier alpha value is -1.74. The number of hydrogen-bond donors (Lipinski definition) is 1. The average Bonchev–Trinajstić information content (AvgIpc) is 2.48. The van der Waals surface area contributed by atoms with Gasteiger partial charge >= 0.3 is 5.63 Å². The summed E-state index contributed by atoms with van der Waals surface area (Å²) < 4.78 is 29.4. The van der Waals surface area contributed by atoms with Crippen molar-refractivity contribution in [2.24, 2.45) is 5.14 Å². The van der Waals surface area contributed by atoms with Crippen LogP contribution in [-0.4, -0.2) is 43.8 Å². The molecule has 2 aromatic rings. The van der Waals surface area contributed by atoms with Crippen LogP contribution in [0.25, 0.3) is 11.0 Å². The van der Waals surface area contributed by atoms with E-state index in [0.717, 1.165) is 22.1 Å². The first-order valence-corrected chi connectivity index (χ1v) is 9.28. The molecule has 1 fully saturated rings. The molecule has 0 radical (unpaired) electrons. The minimum Gasteiger partial charge on any atom is -0.422 e. The highest BCUT2D eigenvalue weighted by molar-refractivity contribution is 7.86. The quantitative estimate of drug-likeness (QED) is 0.822. The van der Waals surface area contributed by atoms with Gasteiger partial charge in [-0.15, -0.1) is 0 Å². The van der Waals surface area contributed by atoms with Gasteiger partial charge in [0.2, 0.25) is 0 Å². The zero-order valence-corrected chi connectivity index (χ0v) is 14.6. The fourth-order valence-corrected chi connectivity index (χ4v) is 3.86. The summed E-state index contributed by atoms with van der Waals surface area (Å²) in [6.07, 6.45) is 0. The molecule has 1 saturated heterocycles. The van der Waals surface area contributed by atoms with Crippen LogP contribution in [-0.2, 0) is 16.8 Å². The SMILES string of the molecule is Cc1cc(C)c2oc(=O)cc(CN3CCN(S(N)(=O)=O)CC3)c2c1. The van der Waals surface area contributed by atoms with Gasteiger partial charge in [-0.25, -0.2) is 9.93 Å². The van der Waals surface area contributed by atoms with Crippen LogP contribution in [0.4, 0.5) is 0 Å². The topological polar surface area (TPSA) is 96.8 Å². The lowest BCUT2D eigenvalue weighted by Crippen LogP contribution is -2.50. The Morgan fingerprint density at radius 1 is 1.12 bits per heavy atom. The lowest BCUT2D eigenvalue weighted by molar-refractivity contribution is 0.182. The van der Waals surface area contributed by atoms with Crippen molar-refractivity contribution in [1.82, 2.24) is 9.21 Å². The minimum atomic E-state index is -3.63. The van der Waals surface area contributed by atoms with E-state index in [0.29, 0.717) is 38.3 Å². The van der Waals surface area contributed by atoms with E-state index in [4.69, 9.17) is 9.56 Å². The second-order valence-electron chi connectivity index (χ2n) is 6.27. The van der Waals surface area contributed by atoms with Crippen LogP contribution >= 0.6 is 0 Å². The molecule has 2 heterocycles. The molecule has 7 nitrogen and oxygen atoms in total. The largest absolute Gasteiger partial charge is 0.422 e. The van der Waals surface area contributed by atoms with Crippen LogP contribution in [0.3, 0.4) is 0 Å². The van der Waals surface area contributed by atoms with Gasteiger partial charge in [0.25, 0.3) is 10.2 Å². The molecular formula is C16H21N3O4S. The summed E-state index contributed by atoms with van der Waals surface area (Å²) >= 11 is 0. The molecule has 0 saturated carbocycles. The maximum atomic E-state index is 11.9. The molecule has 0 bridgehead atoms. The molecular weight excluding hydrogens is 330 g/mol. The Labute approximate surface area is 140 Å². The third-order valence-electron chi connectivity index (χ3n) is 4.34. The van der Waals surface area contributed by atoms with Crippen molar-refractivity contribution in [1.29, 1.82) is 0 Å². The first kappa shape index (κ1) is 17.1. The van der Waals surface area contributed by atoms with Gasteiger partial charge in [-0.3, -0.25) is 4.90 Å². The zero-order chi connectivity index (χ0) is 17.5. The molecule has 0 atom stereocenters. The molecule has 0 amide bonds. The molecule has 0 unspecified atom stereocenters. The number of rotatable bonds is 3. The van der Waals surface area contributed by atoms with Crippen molar-refractivity contribution in [3.63, 3.8) is 0 Å². The highest BCUT2D eigenvalue weighted by Gasteiger charge is 2.24. The van der Waals surface area contributed by atoms with Crippen molar-refractivity contribution in [2.45, 2.75) is 20.4 Å². The number of hydrogen-bond acceptors (Lipinski definition) is 5. The third-order valence-corrected chi connectivity index (χ3v) is 5.43. The van der Waals surface area contributed by atoms with Crippen molar-refractivity contribution in [2.75, 3.05) is 26.2 Å². The van der Waals surface area contributed by atoms with E-state index < -0.39 is 10.2 Å². The number of fused-ring (bicyclic) bond motifs is 1. The Morgan fingerprint density at radius 3 is 2.42 bits per heavy atom. The van der Waals surface area contributed by atoms with E-state index in [1.165, 1.54) is 10.4 Å². The lowest BCUT2D eigenvalue weighted by Gasteiger charge is -2.33. The zero-order valence-electron chi connectivity index (χ0n) is 13.8. The Balaban J connectivity index is 1.87. The molecule has 0 aliphatic carbocycles. The van der Waals surface area contributed by atoms with Gasteiger partial charge in [-0.1, -0.05) is 6.07 Å². The van der Waals surface area contributed by atoms with E-state index in [1.54, 1.807) is 0 Å². The predicted molar refractivity (Wildman–Crippen MR) is 91.9 cm³/mol. The van der Waals surface area contributed by atoms with Crippen molar-refractivity contribution in [3.8, 4) is 0 Å². The van der Waals surface area contributed by atoms with Crippen LogP contribution < -0.4 is 10.8 Å². The Morgan fingerprint density at radius 2 is 1.79 bits per heavy atom. The summed E-state index contributed by atoms with van der Waals surface area (Å²) in [5, 5.41) is 6.09. The number of aryl methyl sites for hydroxylation is 2. The highest BCUT2D eigenvalue weighted by Crippen LogP contribution is 2.24. The second-order valence-corrected chi connectivity index (χ2v) is 7.82. The fraction of sp³-hybridized carbons (Fsp3) is 0.438. The van der Waals surface area contributed by atoms with Gasteiger partial charge in [0.05, 0.1) is 0 Å². The molecule has 2 N–H and O–H groups in total. The van der Waals surface area contributed by atoms with Gasteiger partial charge in [0, 0.05) is 44.2 Å². The lowest BCUT2D eigenvalue weighted by atomic mass is 10.0. The second kappa shape index (κ2) is 6.29. The van der Waals surface area contributed by atoms with Gasteiger partial charge in [-0.2, -0.15) is 12.7 Å². The van der Waals surface area contributed by atoms with E-state index in [1.807, 2.05) is 26.0 Å². The first-order valence-electron chi connectivity index (χ1n) is 7.78. The van der Waals surface area contributed by atoms with Gasteiger partial charge in [0.1, 0.15) is 5.58 Å². The third kappa shape index (κ3) is 3.51. The standard InChI is InChI=1S/C16H21N3O4S/c1-11-7-12(2)16-14(8-11)13(9-15(20)23-16)10-18-3-5-19(6-4-18)24(17,21)22/h7-9H,3-6,10H2,1-2H3,(H2,17,21,22). The van der Waals surface area contributed by atoms with E-state index in [9.17, 15) is 13.2 Å². The smallest absolute Gasteiger partial charge is 0.336 e. The van der Waals surface area contributed by atoms with Crippen LogP contribution in [0.1, 0.15) is 16.7 Å². The molecule has 1 aliphatic rings. The summed E-state index contributed by atoms with van der Waals surface area (Å²) in [7, 11) is -3.63. The summed E-state index contributed by atoms with van der Waals surface area (Å²) in [5.41, 5.74) is 3.19. The number of benzene rings is 1. The maximum absolute atomic E-state index is 11.9. The molecule has 130 valence electrons. The average molecular weight is 351 g/mol. The van der Waals surface area contributed by atoms with Crippen LogP contribution in [0.5, 0.6) is 0 Å². The van der Waals surface area contributed by atoms with Crippen molar-refractivity contribution in [3.05, 3.63) is 45.3 Å². The first-order chi connectivity index (χ1) is 11.2. The van der Waals surface area contributed by atoms with Crippen molar-refractivity contribution < 1.29 is 12.8 Å². The van der Waals surface area contributed by atoms with Crippen LogP contribution in [0.15, 0.2) is 27.4 Å². The van der Waals surface area contributed by atoms with Crippen LogP contribution in [0.2, 0.25) is 0 Å². The van der Waals surface area contributed by atoms with Gasteiger partial charge in [-0.05, 0) is 36.6 Å². The fourth-order valence-electron chi connectivity index (χ4n) is 3.19. The van der Waals surface area contributed by atoms with Crippen molar-refractivity contribution >= 4 is 21.2 Å².